The van der Waals surface area contributed by atoms with Gasteiger partial charge >= 0.3 is 0 Å². The van der Waals surface area contributed by atoms with Gasteiger partial charge in [-0.15, -0.1) is 0 Å². The van der Waals surface area contributed by atoms with Crippen molar-refractivity contribution in [2.45, 2.75) is 62.3 Å². The molecule has 0 saturated heterocycles. The van der Waals surface area contributed by atoms with Gasteiger partial charge in [0.15, 0.2) is 28.8 Å². The van der Waals surface area contributed by atoms with E-state index in [0.717, 1.165) is 27.8 Å². The number of benzene rings is 2. The Balaban J connectivity index is -0.0000000751. The van der Waals surface area contributed by atoms with Crippen molar-refractivity contribution in [1.82, 2.24) is 0 Å². The Morgan fingerprint density at radius 1 is 0.575 bits per heavy atom. The van der Waals surface area contributed by atoms with E-state index in [1.165, 1.54) is 0 Å². The molecule has 5 radical (unpaired) electrons. The molecule has 0 heterocycles. The Morgan fingerprint density at radius 3 is 1.43 bits per heavy atom. The summed E-state index contributed by atoms with van der Waals surface area (Å²) in [6.45, 7) is 16.7. The molecule has 0 spiro atoms. The summed E-state index contributed by atoms with van der Waals surface area (Å²) in [5.41, 5.74) is 5.66. The molecule has 1 aliphatic rings. The Hall–Kier alpha value is 3.76. The number of aryl methyl sites for hydroxylation is 3. The van der Waals surface area contributed by atoms with Crippen molar-refractivity contribution in [1.29, 1.82) is 0 Å². The fourth-order valence-electron chi connectivity index (χ4n) is 3.38. The zero-order chi connectivity index (χ0) is 25.8. The fraction of sp³-hybridized carbons (Fsp3) is 0.357. The van der Waals surface area contributed by atoms with Gasteiger partial charge in [-0.05, 0) is 99.6 Å². The summed E-state index contributed by atoms with van der Waals surface area (Å²) in [5.74, 6) is -0.436. The molecule has 0 saturated carbocycles. The summed E-state index contributed by atoms with van der Waals surface area (Å²) in [6.07, 6.45) is 3.43. The van der Waals surface area contributed by atoms with Crippen LogP contribution in [0.15, 0.2) is 35.6 Å². The van der Waals surface area contributed by atoms with Gasteiger partial charge in [0, 0.05) is 226 Å². The smallest absolute Gasteiger partial charge is 0.222 e. The van der Waals surface area contributed by atoms with Crippen molar-refractivity contribution in [2.75, 3.05) is 0 Å². The van der Waals surface area contributed by atoms with Crippen molar-refractivity contribution in [3.63, 3.8) is 0 Å². The van der Waals surface area contributed by atoms with Crippen LogP contribution in [0.5, 0.6) is 23.0 Å². The van der Waals surface area contributed by atoms with Crippen molar-refractivity contribution in [2.24, 2.45) is 5.41 Å². The molecule has 7 nitrogen and oxygen atoms in total. The second-order valence-electron chi connectivity index (χ2n) is 9.15. The largest absolute Gasteiger partial charge is 0.504 e. The first-order valence-corrected chi connectivity index (χ1v) is 10.6. The number of aromatic hydroxyl groups is 4. The Labute approximate surface area is 419 Å². The summed E-state index contributed by atoms with van der Waals surface area (Å²) in [6, 6.07) is 3.42. The van der Waals surface area contributed by atoms with Crippen molar-refractivity contribution >= 4 is 5.78 Å². The van der Waals surface area contributed by atoms with Crippen molar-refractivity contribution in [3.8, 4) is 23.0 Å². The minimum absolute atomic E-state index is 0. The van der Waals surface area contributed by atoms with Gasteiger partial charge in [-0.25, -0.2) is 0 Å². The maximum absolute atomic E-state index is 11.0. The van der Waals surface area contributed by atoms with E-state index < -0.39 is 0 Å². The van der Waals surface area contributed by atoms with Crippen LogP contribution in [0, 0.1) is 275 Å². The molecular formula is C28H41Ac5O7-. The van der Waals surface area contributed by atoms with Gasteiger partial charge < -0.3 is 38.4 Å². The van der Waals surface area contributed by atoms with Gasteiger partial charge in [-0.1, -0.05) is 26.0 Å². The minimum Gasteiger partial charge on any atom is -0.504 e. The Kier molecular flexibility index (Phi) is 39.7. The van der Waals surface area contributed by atoms with E-state index in [2.05, 4.69) is 0 Å². The van der Waals surface area contributed by atoms with Gasteiger partial charge in [-0.2, -0.15) is 0 Å². The number of aliphatic hydroxyl groups is 1. The van der Waals surface area contributed by atoms with Crippen LogP contribution in [-0.4, -0.2) is 36.8 Å². The number of carbonyl (C=O) groups excluding carboxylic acids is 1. The van der Waals surface area contributed by atoms with E-state index in [1.54, 1.807) is 39.8 Å². The number of carbonyl (C=O) groups is 1. The number of allylic oxidation sites excluding steroid dienone is 3. The van der Waals surface area contributed by atoms with Crippen LogP contribution in [0.1, 0.15) is 54.2 Å². The molecule has 3 rings (SSSR count). The number of phenols is 4. The average Bonchev–Trinajstić information content (AvgIpc) is 2.72. The first-order valence-electron chi connectivity index (χ1n) is 10.6. The van der Waals surface area contributed by atoms with Crippen LogP contribution >= 0.6 is 0 Å². The van der Waals surface area contributed by atoms with Crippen molar-refractivity contribution < 1.29 is 256 Å². The molecule has 0 fully saturated rings. The molecule has 2 aromatic rings. The second kappa shape index (κ2) is 26.8. The molecule has 0 aromatic heterocycles. The molecule has 40 heavy (non-hydrogen) atoms. The molecule has 0 atom stereocenters. The van der Waals surface area contributed by atoms with Crippen LogP contribution in [0.3, 0.4) is 0 Å². The summed E-state index contributed by atoms with van der Waals surface area (Å²) in [4.78, 5) is 11.0. The third-order valence-corrected chi connectivity index (χ3v) is 5.77. The summed E-state index contributed by atoms with van der Waals surface area (Å²) < 4.78 is 0. The van der Waals surface area contributed by atoms with Gasteiger partial charge in [-0.3, -0.25) is 4.79 Å². The summed E-state index contributed by atoms with van der Waals surface area (Å²) >= 11 is 0. The van der Waals surface area contributed by atoms with Crippen LogP contribution in [0.25, 0.3) is 0 Å². The predicted octanol–water partition coefficient (Wildman–Crippen LogP) is 5.66. The molecule has 0 bridgehead atoms. The fourth-order valence-corrected chi connectivity index (χ4v) is 3.38. The normalized spacial score (nSPS) is 11.8. The van der Waals surface area contributed by atoms with Gasteiger partial charge in [0.25, 0.3) is 0 Å². The Bertz CT molecular complexity index is 1010. The van der Waals surface area contributed by atoms with Crippen LogP contribution in [-0.2, 0) is 4.79 Å². The van der Waals surface area contributed by atoms with Gasteiger partial charge in [0.05, 0.1) is 0 Å². The summed E-state index contributed by atoms with van der Waals surface area (Å²) in [5, 5.41) is 46.2. The topological polar surface area (TPSA) is 150 Å². The van der Waals surface area contributed by atoms with E-state index in [1.807, 2.05) is 46.8 Å². The molecule has 0 unspecified atom stereocenters. The monoisotopic (exact) mass is 1620 g/mol. The molecule has 0 aliphatic heterocycles. The zero-order valence-corrected chi connectivity index (χ0v) is 49.1. The number of hydrogen-bond donors (Lipinski definition) is 5. The molecular weight excluding hydrogens is 1580 g/mol. The van der Waals surface area contributed by atoms with Crippen molar-refractivity contribution in [3.05, 3.63) is 76.4 Å². The van der Waals surface area contributed by atoms with E-state index in [9.17, 15) is 20.1 Å². The maximum Gasteiger partial charge on any atom is 0.222 e. The van der Waals surface area contributed by atoms with E-state index >= 15 is 0 Å². The number of rotatable bonds is 0. The minimum atomic E-state index is -0.260. The zero-order valence-electron chi connectivity index (χ0n) is 25.3. The third-order valence-electron chi connectivity index (χ3n) is 5.77. The molecule has 211 valence electrons. The predicted molar refractivity (Wildman–Crippen MR) is 141 cm³/mol. The van der Waals surface area contributed by atoms with Crippen LogP contribution in [0.2, 0.25) is 0 Å². The number of aliphatic hydroxyl groups excluding tert-OH is 1. The van der Waals surface area contributed by atoms with Gasteiger partial charge in [0.1, 0.15) is 0 Å². The number of phenolic OH excluding ortho intramolecular Hbond substituents is 4. The van der Waals surface area contributed by atoms with Gasteiger partial charge in [0.2, 0.25) is 5.78 Å². The van der Waals surface area contributed by atoms with E-state index in [-0.39, 0.29) is 273 Å². The Morgan fingerprint density at radius 2 is 1.00 bits per heavy atom. The number of Topliss-reactive ketones (excluding diaryl/α,β-unsaturated/α-hetero) is 1. The van der Waals surface area contributed by atoms with Crippen LogP contribution in [0.4, 0.5) is 0 Å². The third kappa shape index (κ3) is 18.2. The molecule has 7 N–H and O–H groups in total. The first-order chi connectivity index (χ1) is 15.0. The van der Waals surface area contributed by atoms with E-state index in [0.29, 0.717) is 11.1 Å². The molecule has 12 heteroatoms. The SMILES string of the molecule is CC1=CC(C)(C)C=C(O)C1=O.Cc1cc(C)c(O)c(O)c1C.Cc1cc(O)c(O)c(C)c1C.O.[Ac].[Ac].[Ac].[Ac].[Ac].[CH3-]. The number of ketones is 1. The quantitative estimate of drug-likeness (QED) is 0.170. The average molecular weight is 1620 g/mol. The molecule has 1 aliphatic carbocycles. The maximum atomic E-state index is 11.0. The second-order valence-corrected chi connectivity index (χ2v) is 9.15. The first kappa shape index (κ1) is 59.2. The molecule has 2 aromatic carbocycles. The van der Waals surface area contributed by atoms with E-state index in [4.69, 9.17) is 10.2 Å². The number of hydrogen-bond acceptors (Lipinski definition) is 6. The molecule has 0 amide bonds. The standard InChI is InChI=1S/3C9H12O2.CH3.5Ac.H2O/c1-6-4-9(2,3)5-7(10)8(6)11;1-5-4-8(10)9(11)7(3)6(5)2;1-5-4-6(2)8(10)9(11)7(5)3;;;;;;;/h4-5,10H,1-3H3;2*4,10-11H,1-3H3;1H3;;;;;;1H2/q;;;-1;;;;;;. The summed E-state index contributed by atoms with van der Waals surface area (Å²) in [7, 11) is 0. The van der Waals surface area contributed by atoms with Crippen LogP contribution < -0.4 is 0 Å².